The van der Waals surface area contributed by atoms with E-state index in [1.807, 2.05) is 52.0 Å². The van der Waals surface area contributed by atoms with Crippen molar-refractivity contribution >= 4 is 21.5 Å². The summed E-state index contributed by atoms with van der Waals surface area (Å²) >= 11 is 0. The minimum absolute atomic E-state index is 0.0136. The van der Waals surface area contributed by atoms with Crippen LogP contribution in [-0.2, 0) is 12.8 Å². The Balaban J connectivity index is 1.55. The lowest BCUT2D eigenvalue weighted by Gasteiger charge is -2.32. The van der Waals surface area contributed by atoms with E-state index in [4.69, 9.17) is 9.47 Å². The monoisotopic (exact) mass is 756 g/mol. The highest BCUT2D eigenvalue weighted by Crippen LogP contribution is 2.56. The molecule has 8 rings (SSSR count). The summed E-state index contributed by atoms with van der Waals surface area (Å²) < 4.78 is 11.8. The first-order valence-corrected chi connectivity index (χ1v) is 19.0. The Morgan fingerprint density at radius 1 is 0.500 bits per heavy atom. The molecule has 0 bridgehead atoms. The van der Waals surface area contributed by atoms with Gasteiger partial charge in [-0.3, -0.25) is 0 Å². The fourth-order valence-electron chi connectivity index (χ4n) is 9.60. The number of benzene rings is 6. The summed E-state index contributed by atoms with van der Waals surface area (Å²) in [5.74, 6) is 0.187. The van der Waals surface area contributed by atoms with Crippen molar-refractivity contribution in [2.24, 2.45) is 0 Å². The maximum Gasteiger partial charge on any atom is 0.135 e. The van der Waals surface area contributed by atoms with Crippen molar-refractivity contribution < 1.29 is 40.1 Å². The van der Waals surface area contributed by atoms with Gasteiger partial charge in [0.25, 0.3) is 0 Å². The van der Waals surface area contributed by atoms with Gasteiger partial charge < -0.3 is 50.7 Å². The first-order chi connectivity index (χ1) is 26.6. The number of ether oxygens (including phenoxy) is 2. The predicted molar refractivity (Wildman–Crippen MR) is 220 cm³/mol. The first-order valence-electron chi connectivity index (χ1n) is 19.0. The topological polar surface area (TPSA) is 164 Å². The standard InChI is InChI=1S/C46H48N2O8/c1-19-9-25-27(41-31-13-21(3)47-23(5)39(31)33(49)17-35(41)51)15-29(45(53)43(25)37(11-19)55-7)30-16-28(26-10-20(2)12-38(56-8)44(26)46(30)54)42-32-14-22(4)48-24(6)40(32)34(50)18-36(42)52/h9-12,15-18,21-24,47-54H,13-14H2,1-8H3/t21-,22-,23-,24+/m1/s1. The summed E-state index contributed by atoms with van der Waals surface area (Å²) in [5, 5.41) is 79.7. The second-order valence-corrected chi connectivity index (χ2v) is 15.8. The van der Waals surface area contributed by atoms with Crippen LogP contribution in [-0.4, -0.2) is 56.9 Å². The van der Waals surface area contributed by atoms with Crippen molar-refractivity contribution in [3.8, 4) is 79.4 Å². The Hall–Kier alpha value is -5.84. The molecule has 2 heterocycles. The van der Waals surface area contributed by atoms with Crippen LogP contribution in [0.25, 0.3) is 54.9 Å². The molecule has 0 amide bonds. The van der Waals surface area contributed by atoms with Crippen LogP contribution in [0.2, 0.25) is 0 Å². The molecule has 10 heteroatoms. The van der Waals surface area contributed by atoms with Crippen molar-refractivity contribution in [1.82, 2.24) is 10.6 Å². The minimum Gasteiger partial charge on any atom is -0.507 e. The van der Waals surface area contributed by atoms with Gasteiger partial charge in [-0.15, -0.1) is 0 Å². The molecule has 290 valence electrons. The molecule has 0 unspecified atom stereocenters. The van der Waals surface area contributed by atoms with E-state index < -0.39 is 0 Å². The van der Waals surface area contributed by atoms with E-state index in [0.29, 0.717) is 79.3 Å². The molecule has 8 N–H and O–H groups in total. The Morgan fingerprint density at radius 2 is 0.875 bits per heavy atom. The summed E-state index contributed by atoms with van der Waals surface area (Å²) in [6.45, 7) is 11.9. The number of phenols is 6. The first kappa shape index (κ1) is 37.1. The number of hydrogen-bond acceptors (Lipinski definition) is 10. The highest BCUT2D eigenvalue weighted by atomic mass is 16.5. The van der Waals surface area contributed by atoms with E-state index in [0.717, 1.165) is 22.3 Å². The van der Waals surface area contributed by atoms with Gasteiger partial charge in [-0.1, -0.05) is 12.1 Å². The molecule has 2 aliphatic rings. The van der Waals surface area contributed by atoms with Gasteiger partial charge in [-0.2, -0.15) is 0 Å². The molecule has 0 saturated heterocycles. The Morgan fingerprint density at radius 3 is 1.23 bits per heavy atom. The molecule has 6 aromatic carbocycles. The van der Waals surface area contributed by atoms with Crippen molar-refractivity contribution in [2.75, 3.05) is 14.2 Å². The molecule has 4 atom stereocenters. The SMILES string of the molecule is COc1cc(C)cc2c(-c3c(O)cc(O)c4c3C[C@@H](C)N[C@H]4C)cc(-c3cc(-c4c(O)cc(O)c5c4C[C@@H](C)N[C@@H]5C)c4cc(C)cc(OC)c4c3O)c(O)c12. The summed E-state index contributed by atoms with van der Waals surface area (Å²) in [6.07, 6.45) is 1.02. The molecule has 0 radical (unpaired) electrons. The number of aromatic hydroxyl groups is 6. The third kappa shape index (κ3) is 5.61. The number of phenolic OH excluding ortho intramolecular Hbond substituents is 6. The van der Waals surface area contributed by atoms with Crippen molar-refractivity contribution in [2.45, 2.75) is 78.6 Å². The van der Waals surface area contributed by atoms with Gasteiger partial charge in [0.1, 0.15) is 46.0 Å². The van der Waals surface area contributed by atoms with Crippen LogP contribution in [0.1, 0.15) is 73.2 Å². The number of methoxy groups -OCH3 is 2. The lowest BCUT2D eigenvalue weighted by Crippen LogP contribution is -2.36. The minimum atomic E-state index is -0.209. The van der Waals surface area contributed by atoms with Gasteiger partial charge in [-0.05, 0) is 123 Å². The largest absolute Gasteiger partial charge is 0.507 e. The van der Waals surface area contributed by atoms with Crippen LogP contribution in [0.4, 0.5) is 0 Å². The molecule has 10 nitrogen and oxygen atoms in total. The third-order valence-electron chi connectivity index (χ3n) is 11.7. The summed E-state index contributed by atoms with van der Waals surface area (Å²) in [6, 6.07) is 13.4. The molecule has 0 aliphatic carbocycles. The van der Waals surface area contributed by atoms with E-state index in [1.54, 1.807) is 12.1 Å². The van der Waals surface area contributed by atoms with Gasteiger partial charge in [0.15, 0.2) is 0 Å². The molecular formula is C46H48N2O8. The Bertz CT molecular complexity index is 2450. The van der Waals surface area contributed by atoms with Crippen LogP contribution in [0.3, 0.4) is 0 Å². The van der Waals surface area contributed by atoms with Crippen LogP contribution in [0.5, 0.6) is 46.0 Å². The number of aryl methyl sites for hydroxylation is 2. The van der Waals surface area contributed by atoms with Gasteiger partial charge in [0.05, 0.1) is 25.0 Å². The average Bonchev–Trinajstić information content (AvgIpc) is 3.11. The number of rotatable bonds is 5. The lowest BCUT2D eigenvalue weighted by molar-refractivity contribution is 0.401. The van der Waals surface area contributed by atoms with E-state index in [9.17, 15) is 30.6 Å². The van der Waals surface area contributed by atoms with Crippen molar-refractivity contribution in [3.05, 3.63) is 81.9 Å². The van der Waals surface area contributed by atoms with Gasteiger partial charge in [-0.25, -0.2) is 0 Å². The molecule has 56 heavy (non-hydrogen) atoms. The molecule has 2 aliphatic heterocycles. The Kier molecular flexibility index (Phi) is 8.89. The summed E-state index contributed by atoms with van der Waals surface area (Å²) in [5.41, 5.74) is 7.27. The maximum atomic E-state index is 12.5. The van der Waals surface area contributed by atoms with Crippen molar-refractivity contribution in [3.63, 3.8) is 0 Å². The third-order valence-corrected chi connectivity index (χ3v) is 11.7. The molecule has 0 fully saturated rings. The zero-order valence-electron chi connectivity index (χ0n) is 32.8. The van der Waals surface area contributed by atoms with E-state index in [-0.39, 0.29) is 69.8 Å². The zero-order chi connectivity index (χ0) is 40.1. The normalized spacial score (nSPS) is 19.2. The highest BCUT2D eigenvalue weighted by molar-refractivity contribution is 6.13. The fraction of sp³-hybridized carbons (Fsp3) is 0.304. The smallest absolute Gasteiger partial charge is 0.135 e. The molecular weight excluding hydrogens is 709 g/mol. The fourth-order valence-corrected chi connectivity index (χ4v) is 9.60. The van der Waals surface area contributed by atoms with Crippen molar-refractivity contribution in [1.29, 1.82) is 0 Å². The highest BCUT2D eigenvalue weighted by Gasteiger charge is 2.33. The van der Waals surface area contributed by atoms with Crippen LogP contribution >= 0.6 is 0 Å². The van der Waals surface area contributed by atoms with E-state index in [2.05, 4.69) is 24.5 Å². The molecule has 0 aromatic heterocycles. The van der Waals surface area contributed by atoms with Crippen LogP contribution < -0.4 is 20.1 Å². The Labute approximate surface area is 325 Å². The van der Waals surface area contributed by atoms with E-state index in [1.165, 1.54) is 26.4 Å². The average molecular weight is 757 g/mol. The molecule has 0 saturated carbocycles. The molecule has 0 spiro atoms. The quantitative estimate of drug-likeness (QED) is 0.0852. The summed E-state index contributed by atoms with van der Waals surface area (Å²) in [7, 11) is 3.06. The van der Waals surface area contributed by atoms with Gasteiger partial charge in [0, 0.05) is 69.7 Å². The number of fused-ring (bicyclic) bond motifs is 4. The second kappa shape index (κ2) is 13.4. The maximum absolute atomic E-state index is 12.5. The lowest BCUT2D eigenvalue weighted by atomic mass is 9.80. The zero-order valence-corrected chi connectivity index (χ0v) is 32.8. The molecule has 6 aromatic rings. The van der Waals surface area contributed by atoms with Crippen LogP contribution in [0.15, 0.2) is 48.5 Å². The van der Waals surface area contributed by atoms with Crippen LogP contribution in [0, 0.1) is 13.8 Å². The number of nitrogens with one attached hydrogen (secondary N) is 2. The predicted octanol–water partition coefficient (Wildman–Crippen LogP) is 9.05. The number of hydrogen-bond donors (Lipinski definition) is 8. The second-order valence-electron chi connectivity index (χ2n) is 15.8. The van der Waals surface area contributed by atoms with E-state index >= 15 is 0 Å². The van der Waals surface area contributed by atoms with Gasteiger partial charge in [0.2, 0.25) is 0 Å². The van der Waals surface area contributed by atoms with Gasteiger partial charge >= 0.3 is 0 Å². The summed E-state index contributed by atoms with van der Waals surface area (Å²) in [4.78, 5) is 0.